The van der Waals surface area contributed by atoms with Crippen LogP contribution in [0.15, 0.2) is 77.7 Å². The number of carbonyl (C=O) groups is 1. The lowest BCUT2D eigenvalue weighted by Gasteiger charge is -2.34. The standard InChI is InChI=1S/C23H21ClN2O4S/c1-2-16-7-11-18(12-8-16)25-23(27)22-15-26(20-5-3-4-6-21(20)30-22)31(28,29)19-13-9-17(24)10-14-19/h3-14,22H,2,15H2,1H3,(H,25,27)/t22-/m1/s1. The van der Waals surface area contributed by atoms with Gasteiger partial charge in [-0.2, -0.15) is 0 Å². The second kappa shape index (κ2) is 8.61. The van der Waals surface area contributed by atoms with E-state index >= 15 is 0 Å². The average molecular weight is 457 g/mol. The van der Waals surface area contributed by atoms with E-state index in [1.54, 1.807) is 24.3 Å². The minimum atomic E-state index is -3.93. The van der Waals surface area contributed by atoms with Crippen LogP contribution in [-0.4, -0.2) is 27.0 Å². The number of hydrogen-bond donors (Lipinski definition) is 1. The molecule has 0 radical (unpaired) electrons. The molecule has 0 aromatic heterocycles. The predicted molar refractivity (Wildman–Crippen MR) is 121 cm³/mol. The van der Waals surface area contributed by atoms with E-state index in [1.165, 1.54) is 28.6 Å². The van der Waals surface area contributed by atoms with Gasteiger partial charge in [0.1, 0.15) is 5.75 Å². The summed E-state index contributed by atoms with van der Waals surface area (Å²) in [5, 5.41) is 3.25. The number of amides is 1. The van der Waals surface area contributed by atoms with E-state index in [-0.39, 0.29) is 11.4 Å². The lowest BCUT2D eigenvalue weighted by atomic mass is 10.1. The molecule has 1 N–H and O–H groups in total. The summed E-state index contributed by atoms with van der Waals surface area (Å²) in [7, 11) is -3.93. The Morgan fingerprint density at radius 1 is 1.06 bits per heavy atom. The normalized spacial score (nSPS) is 15.7. The number of ether oxygens (including phenoxy) is 1. The largest absolute Gasteiger partial charge is 0.476 e. The molecule has 0 unspecified atom stereocenters. The van der Waals surface area contributed by atoms with Crippen molar-refractivity contribution in [2.24, 2.45) is 0 Å². The third-order valence-corrected chi connectivity index (χ3v) is 7.10. The molecule has 0 aliphatic carbocycles. The molecule has 0 saturated heterocycles. The second-order valence-electron chi connectivity index (χ2n) is 7.10. The maximum atomic E-state index is 13.4. The van der Waals surface area contributed by atoms with Gasteiger partial charge >= 0.3 is 0 Å². The number of halogens is 1. The summed E-state index contributed by atoms with van der Waals surface area (Å²) in [6, 6.07) is 20.2. The predicted octanol–water partition coefficient (Wildman–Crippen LogP) is 4.50. The van der Waals surface area contributed by atoms with E-state index in [1.807, 2.05) is 24.3 Å². The van der Waals surface area contributed by atoms with Crippen molar-refractivity contribution >= 4 is 38.9 Å². The van der Waals surface area contributed by atoms with E-state index in [0.29, 0.717) is 22.1 Å². The van der Waals surface area contributed by atoms with Crippen LogP contribution >= 0.6 is 11.6 Å². The molecule has 0 fully saturated rings. The fourth-order valence-corrected chi connectivity index (χ4v) is 4.95. The topological polar surface area (TPSA) is 75.7 Å². The van der Waals surface area contributed by atoms with Crippen LogP contribution in [0.1, 0.15) is 12.5 Å². The first-order valence-electron chi connectivity index (χ1n) is 9.82. The summed E-state index contributed by atoms with van der Waals surface area (Å²) >= 11 is 5.91. The Kier molecular flexibility index (Phi) is 5.89. The molecule has 160 valence electrons. The van der Waals surface area contributed by atoms with Gasteiger partial charge in [0.15, 0.2) is 6.10 Å². The number of rotatable bonds is 5. The van der Waals surface area contributed by atoms with Crippen molar-refractivity contribution in [3.05, 3.63) is 83.4 Å². The number of anilines is 2. The number of aryl methyl sites for hydroxylation is 1. The van der Waals surface area contributed by atoms with Gasteiger partial charge in [0.25, 0.3) is 15.9 Å². The summed E-state index contributed by atoms with van der Waals surface area (Å²) in [6.45, 7) is 1.90. The van der Waals surface area contributed by atoms with Gasteiger partial charge in [-0.15, -0.1) is 0 Å². The monoisotopic (exact) mass is 456 g/mol. The highest BCUT2D eigenvalue weighted by Gasteiger charge is 2.37. The summed E-state index contributed by atoms with van der Waals surface area (Å²) < 4.78 is 33.8. The first-order chi connectivity index (χ1) is 14.9. The molecule has 1 aliphatic rings. The van der Waals surface area contributed by atoms with E-state index in [4.69, 9.17) is 16.3 Å². The number of sulfonamides is 1. The molecule has 0 saturated carbocycles. The van der Waals surface area contributed by atoms with Gasteiger partial charge in [-0.25, -0.2) is 8.42 Å². The summed E-state index contributed by atoms with van der Waals surface area (Å²) in [6.07, 6.45) is -0.114. The van der Waals surface area contributed by atoms with Crippen molar-refractivity contribution in [3.63, 3.8) is 0 Å². The fourth-order valence-electron chi connectivity index (χ4n) is 3.35. The Morgan fingerprint density at radius 2 is 1.74 bits per heavy atom. The van der Waals surface area contributed by atoms with Crippen LogP contribution in [0.25, 0.3) is 0 Å². The smallest absolute Gasteiger partial charge is 0.267 e. The first kappa shape index (κ1) is 21.2. The van der Waals surface area contributed by atoms with Gasteiger partial charge in [0, 0.05) is 10.7 Å². The highest BCUT2D eigenvalue weighted by Crippen LogP contribution is 2.37. The number of para-hydroxylation sites is 2. The molecule has 4 rings (SSSR count). The molecule has 3 aromatic carbocycles. The van der Waals surface area contributed by atoms with Crippen LogP contribution in [0.4, 0.5) is 11.4 Å². The van der Waals surface area contributed by atoms with Crippen molar-refractivity contribution in [1.29, 1.82) is 0 Å². The lowest BCUT2D eigenvalue weighted by Crippen LogP contribution is -2.48. The molecular weight excluding hydrogens is 436 g/mol. The third-order valence-electron chi connectivity index (χ3n) is 5.06. The summed E-state index contributed by atoms with van der Waals surface area (Å²) in [4.78, 5) is 13.0. The molecule has 0 bridgehead atoms. The maximum Gasteiger partial charge on any atom is 0.267 e. The van der Waals surface area contributed by atoms with Crippen LogP contribution in [0, 0.1) is 0 Å². The molecule has 1 atom stereocenters. The van der Waals surface area contributed by atoms with E-state index < -0.39 is 22.0 Å². The maximum absolute atomic E-state index is 13.4. The number of nitrogens with zero attached hydrogens (tertiary/aromatic N) is 1. The zero-order valence-electron chi connectivity index (χ0n) is 16.8. The summed E-state index contributed by atoms with van der Waals surface area (Å²) in [5.41, 5.74) is 2.16. The van der Waals surface area contributed by atoms with Crippen LogP contribution in [0.2, 0.25) is 5.02 Å². The first-order valence-corrected chi connectivity index (χ1v) is 11.6. The van der Waals surface area contributed by atoms with Gasteiger partial charge in [-0.1, -0.05) is 42.8 Å². The number of benzene rings is 3. The van der Waals surface area contributed by atoms with Gasteiger partial charge in [-0.3, -0.25) is 9.10 Å². The number of fused-ring (bicyclic) bond motifs is 1. The summed E-state index contributed by atoms with van der Waals surface area (Å²) in [5.74, 6) is -0.0946. The molecule has 6 nitrogen and oxygen atoms in total. The number of nitrogens with one attached hydrogen (secondary N) is 1. The zero-order chi connectivity index (χ0) is 22.0. The van der Waals surface area contributed by atoms with Crippen molar-refractivity contribution in [1.82, 2.24) is 0 Å². The minimum Gasteiger partial charge on any atom is -0.476 e. The Balaban J connectivity index is 1.63. The molecule has 1 amide bonds. The van der Waals surface area contributed by atoms with Gasteiger partial charge in [-0.05, 0) is 60.5 Å². The minimum absolute atomic E-state index is 0.0860. The molecule has 1 aliphatic heterocycles. The molecule has 3 aromatic rings. The van der Waals surface area contributed by atoms with Gasteiger partial charge in [0.2, 0.25) is 0 Å². The second-order valence-corrected chi connectivity index (χ2v) is 9.40. The van der Waals surface area contributed by atoms with Crippen LogP contribution in [0.5, 0.6) is 5.75 Å². The molecule has 0 spiro atoms. The molecule has 1 heterocycles. The van der Waals surface area contributed by atoms with E-state index in [0.717, 1.165) is 12.0 Å². The molecule has 31 heavy (non-hydrogen) atoms. The SMILES string of the molecule is CCc1ccc(NC(=O)[C@H]2CN(S(=O)(=O)c3ccc(Cl)cc3)c3ccccc3O2)cc1. The van der Waals surface area contributed by atoms with Crippen LogP contribution in [0.3, 0.4) is 0 Å². The van der Waals surface area contributed by atoms with Crippen molar-refractivity contribution in [3.8, 4) is 5.75 Å². The number of hydrogen-bond acceptors (Lipinski definition) is 4. The van der Waals surface area contributed by atoms with Crippen molar-refractivity contribution in [2.75, 3.05) is 16.2 Å². The number of carbonyl (C=O) groups excluding carboxylic acids is 1. The van der Waals surface area contributed by atoms with Gasteiger partial charge < -0.3 is 10.1 Å². The quantitative estimate of drug-likeness (QED) is 0.613. The van der Waals surface area contributed by atoms with Gasteiger partial charge in [0.05, 0.1) is 17.1 Å². The molecule has 8 heteroatoms. The average Bonchev–Trinajstić information content (AvgIpc) is 2.79. The van der Waals surface area contributed by atoms with E-state index in [9.17, 15) is 13.2 Å². The lowest BCUT2D eigenvalue weighted by molar-refractivity contribution is -0.122. The van der Waals surface area contributed by atoms with E-state index in [2.05, 4.69) is 12.2 Å². The highest BCUT2D eigenvalue weighted by molar-refractivity contribution is 7.92. The van der Waals surface area contributed by atoms with Crippen molar-refractivity contribution in [2.45, 2.75) is 24.3 Å². The molecular formula is C23H21ClN2O4S. The Hall–Kier alpha value is -3.03. The Labute approximate surface area is 186 Å². The van der Waals surface area contributed by atoms with Crippen molar-refractivity contribution < 1.29 is 17.9 Å². The highest BCUT2D eigenvalue weighted by atomic mass is 35.5. The Morgan fingerprint density at radius 3 is 2.42 bits per heavy atom. The van der Waals surface area contributed by atoms with Crippen LogP contribution in [-0.2, 0) is 21.2 Å². The Bertz CT molecular complexity index is 1200. The third kappa shape index (κ3) is 4.38. The fraction of sp³-hybridized carbons (Fsp3) is 0.174. The zero-order valence-corrected chi connectivity index (χ0v) is 18.4. The van der Waals surface area contributed by atoms with Crippen LogP contribution < -0.4 is 14.4 Å².